The molecule has 0 unspecified atom stereocenters. The number of carbonyl (C=O) groups excluding carboxylic acids is 2. The molecule has 23 heavy (non-hydrogen) atoms. The number of thiazole rings is 1. The molecule has 0 atom stereocenters. The number of esters is 1. The van der Waals surface area contributed by atoms with Crippen molar-refractivity contribution in [1.29, 1.82) is 0 Å². The smallest absolute Gasteiger partial charge is 0.330 e. The summed E-state index contributed by atoms with van der Waals surface area (Å²) in [7, 11) is 0. The van der Waals surface area contributed by atoms with Crippen LogP contribution in [0.1, 0.15) is 12.5 Å². The van der Waals surface area contributed by atoms with Gasteiger partial charge in [0, 0.05) is 42.7 Å². The molecule has 0 aromatic carbocycles. The number of amides is 1. The van der Waals surface area contributed by atoms with Gasteiger partial charge in [-0.2, -0.15) is 0 Å². The number of carbonyl (C=O) groups is 2. The Bertz CT molecular complexity index is 656. The molecule has 6 nitrogen and oxygen atoms in total. The van der Waals surface area contributed by atoms with E-state index in [-0.39, 0.29) is 12.5 Å². The van der Waals surface area contributed by atoms with Crippen LogP contribution in [0.4, 0.5) is 5.13 Å². The fourth-order valence-corrected chi connectivity index (χ4v) is 2.53. The van der Waals surface area contributed by atoms with E-state index in [4.69, 9.17) is 4.74 Å². The molecule has 2 heterocycles. The van der Waals surface area contributed by atoms with E-state index in [9.17, 15) is 9.59 Å². The van der Waals surface area contributed by atoms with Gasteiger partial charge in [-0.15, -0.1) is 11.3 Å². The third kappa shape index (κ3) is 5.30. The van der Waals surface area contributed by atoms with Gasteiger partial charge < -0.3 is 4.74 Å². The third-order valence-electron chi connectivity index (χ3n) is 2.94. The lowest BCUT2D eigenvalue weighted by molar-refractivity contribution is -0.137. The molecule has 1 amide bonds. The van der Waals surface area contributed by atoms with Gasteiger partial charge in [0.15, 0.2) is 5.13 Å². The van der Waals surface area contributed by atoms with Crippen LogP contribution in [0, 0.1) is 0 Å². The summed E-state index contributed by atoms with van der Waals surface area (Å²) in [5, 5.41) is 2.40. The minimum absolute atomic E-state index is 0.273. The second-order valence-corrected chi connectivity index (χ2v) is 5.37. The minimum Gasteiger partial charge on any atom is -0.463 e. The van der Waals surface area contributed by atoms with Gasteiger partial charge in [-0.3, -0.25) is 14.7 Å². The van der Waals surface area contributed by atoms with Crippen molar-refractivity contribution < 1.29 is 14.3 Å². The standard InChI is InChI=1S/C16H17N3O3S/c1-2-22-15(21)4-3-14(20)19(16-18-10-12-23-16)11-7-13-5-8-17-9-6-13/h3-6,8-10,12H,2,7,11H2,1H3/b4-3+. The summed E-state index contributed by atoms with van der Waals surface area (Å²) in [4.78, 5) is 33.4. The van der Waals surface area contributed by atoms with E-state index in [2.05, 4.69) is 9.97 Å². The van der Waals surface area contributed by atoms with Crippen LogP contribution in [0.15, 0.2) is 48.3 Å². The van der Waals surface area contributed by atoms with Gasteiger partial charge in [0.1, 0.15) is 0 Å². The minimum atomic E-state index is -0.533. The zero-order valence-electron chi connectivity index (χ0n) is 12.7. The van der Waals surface area contributed by atoms with Crippen LogP contribution in [0.25, 0.3) is 0 Å². The Labute approximate surface area is 138 Å². The first-order valence-corrected chi connectivity index (χ1v) is 8.03. The summed E-state index contributed by atoms with van der Waals surface area (Å²) in [6, 6.07) is 3.80. The van der Waals surface area contributed by atoms with E-state index in [1.165, 1.54) is 17.4 Å². The average molecular weight is 331 g/mol. The van der Waals surface area contributed by atoms with E-state index in [0.717, 1.165) is 11.6 Å². The highest BCUT2D eigenvalue weighted by Gasteiger charge is 2.16. The molecule has 0 bridgehead atoms. The largest absolute Gasteiger partial charge is 0.463 e. The zero-order chi connectivity index (χ0) is 16.5. The highest BCUT2D eigenvalue weighted by Crippen LogP contribution is 2.18. The maximum atomic E-state index is 12.4. The lowest BCUT2D eigenvalue weighted by Gasteiger charge is -2.18. The van der Waals surface area contributed by atoms with Crippen LogP contribution in [0.3, 0.4) is 0 Å². The Morgan fingerprint density at radius 1 is 1.26 bits per heavy atom. The molecule has 0 N–H and O–H groups in total. The molecule has 2 aromatic rings. The molecule has 0 radical (unpaired) electrons. The SMILES string of the molecule is CCOC(=O)/C=C/C(=O)N(CCc1ccncc1)c1nccs1. The molecule has 0 saturated heterocycles. The van der Waals surface area contributed by atoms with Crippen LogP contribution < -0.4 is 4.90 Å². The summed E-state index contributed by atoms with van der Waals surface area (Å²) >= 11 is 1.37. The molecule has 0 aliphatic carbocycles. The monoisotopic (exact) mass is 331 g/mol. The lowest BCUT2D eigenvalue weighted by atomic mass is 10.2. The molecular weight excluding hydrogens is 314 g/mol. The van der Waals surface area contributed by atoms with E-state index >= 15 is 0 Å². The van der Waals surface area contributed by atoms with Crippen LogP contribution in [0.5, 0.6) is 0 Å². The van der Waals surface area contributed by atoms with Crippen molar-refractivity contribution in [2.75, 3.05) is 18.1 Å². The van der Waals surface area contributed by atoms with Crippen LogP contribution >= 0.6 is 11.3 Å². The average Bonchev–Trinajstić information content (AvgIpc) is 3.08. The molecule has 120 valence electrons. The number of ether oxygens (including phenoxy) is 1. The van der Waals surface area contributed by atoms with Crippen molar-refractivity contribution in [2.45, 2.75) is 13.3 Å². The normalized spacial score (nSPS) is 10.7. The molecular formula is C16H17N3O3S. The molecule has 7 heteroatoms. The van der Waals surface area contributed by atoms with E-state index < -0.39 is 5.97 Å². The van der Waals surface area contributed by atoms with Crippen LogP contribution in [-0.4, -0.2) is 35.0 Å². The number of anilines is 1. The van der Waals surface area contributed by atoms with Gasteiger partial charge in [0.25, 0.3) is 5.91 Å². The van der Waals surface area contributed by atoms with Crippen molar-refractivity contribution in [3.8, 4) is 0 Å². The molecule has 0 saturated carbocycles. The summed E-state index contributed by atoms with van der Waals surface area (Å²) in [6.07, 6.45) is 8.09. The zero-order valence-corrected chi connectivity index (χ0v) is 13.5. The molecule has 2 rings (SSSR count). The van der Waals surface area contributed by atoms with Gasteiger partial charge in [0.2, 0.25) is 0 Å². The van der Waals surface area contributed by atoms with E-state index in [0.29, 0.717) is 18.1 Å². The Kier molecular flexibility index (Phi) is 6.43. The topological polar surface area (TPSA) is 72.4 Å². The number of hydrogen-bond donors (Lipinski definition) is 0. The van der Waals surface area contributed by atoms with Gasteiger partial charge >= 0.3 is 5.97 Å². The maximum Gasteiger partial charge on any atom is 0.330 e. The number of rotatable bonds is 7. The first-order chi connectivity index (χ1) is 11.2. The molecule has 0 aliphatic heterocycles. The molecule has 0 aliphatic rings. The summed E-state index contributed by atoms with van der Waals surface area (Å²) in [5.41, 5.74) is 1.07. The summed E-state index contributed by atoms with van der Waals surface area (Å²) < 4.78 is 4.78. The van der Waals surface area contributed by atoms with Crippen molar-refractivity contribution in [2.24, 2.45) is 0 Å². The van der Waals surface area contributed by atoms with Crippen molar-refractivity contribution in [3.63, 3.8) is 0 Å². The first kappa shape index (κ1) is 16.8. The second-order valence-electron chi connectivity index (χ2n) is 4.50. The van der Waals surface area contributed by atoms with Gasteiger partial charge in [-0.1, -0.05) is 0 Å². The lowest BCUT2D eigenvalue weighted by Crippen LogP contribution is -2.31. The van der Waals surface area contributed by atoms with Crippen molar-refractivity contribution >= 4 is 28.3 Å². The van der Waals surface area contributed by atoms with Crippen molar-refractivity contribution in [3.05, 3.63) is 53.8 Å². The highest BCUT2D eigenvalue weighted by atomic mass is 32.1. The number of hydrogen-bond acceptors (Lipinski definition) is 6. The molecule has 0 fully saturated rings. The maximum absolute atomic E-state index is 12.4. The Balaban J connectivity index is 2.05. The van der Waals surface area contributed by atoms with E-state index in [1.54, 1.807) is 35.8 Å². The number of nitrogens with zero attached hydrogens (tertiary/aromatic N) is 3. The molecule has 0 spiro atoms. The predicted octanol–water partition coefficient (Wildman–Crippen LogP) is 2.23. The van der Waals surface area contributed by atoms with E-state index in [1.807, 2.05) is 12.1 Å². The Morgan fingerprint density at radius 2 is 2.04 bits per heavy atom. The Morgan fingerprint density at radius 3 is 2.70 bits per heavy atom. The second kappa shape index (κ2) is 8.79. The van der Waals surface area contributed by atoms with Crippen molar-refractivity contribution in [1.82, 2.24) is 9.97 Å². The fraction of sp³-hybridized carbons (Fsp3) is 0.250. The van der Waals surface area contributed by atoms with Gasteiger partial charge in [-0.25, -0.2) is 9.78 Å². The fourth-order valence-electron chi connectivity index (χ4n) is 1.86. The summed E-state index contributed by atoms with van der Waals surface area (Å²) in [6.45, 7) is 2.45. The number of pyridine rings is 1. The number of aromatic nitrogens is 2. The van der Waals surface area contributed by atoms with Gasteiger partial charge in [-0.05, 0) is 31.0 Å². The van der Waals surface area contributed by atoms with Gasteiger partial charge in [0.05, 0.1) is 6.61 Å². The Hall–Kier alpha value is -2.54. The van der Waals surface area contributed by atoms with Crippen LogP contribution in [0.2, 0.25) is 0 Å². The quantitative estimate of drug-likeness (QED) is 0.575. The third-order valence-corrected chi connectivity index (χ3v) is 3.73. The van der Waals surface area contributed by atoms with Crippen LogP contribution in [-0.2, 0) is 20.7 Å². The predicted molar refractivity (Wildman–Crippen MR) is 88.2 cm³/mol. The highest BCUT2D eigenvalue weighted by molar-refractivity contribution is 7.13. The summed E-state index contributed by atoms with van der Waals surface area (Å²) in [5.74, 6) is -0.837. The molecule has 2 aromatic heterocycles. The first-order valence-electron chi connectivity index (χ1n) is 7.15.